The zero-order valence-corrected chi connectivity index (χ0v) is 16.3. The van der Waals surface area contributed by atoms with Crippen molar-refractivity contribution in [3.05, 3.63) is 64.4 Å². The van der Waals surface area contributed by atoms with Gasteiger partial charge in [0.05, 0.1) is 18.0 Å². The number of ether oxygens (including phenoxy) is 1. The smallest absolute Gasteiger partial charge is 0.262 e. The van der Waals surface area contributed by atoms with E-state index < -0.39 is 0 Å². The molecule has 5 heteroatoms. The van der Waals surface area contributed by atoms with Crippen LogP contribution in [0.15, 0.2) is 58.5 Å². The minimum Gasteiger partial charge on any atom is -0.497 e. The van der Waals surface area contributed by atoms with Crippen molar-refractivity contribution in [2.45, 2.75) is 37.7 Å². The molecule has 0 fully saturated rings. The van der Waals surface area contributed by atoms with Gasteiger partial charge in [0.25, 0.3) is 5.56 Å². The lowest BCUT2D eigenvalue weighted by atomic mass is 10.1. The maximum atomic E-state index is 13.0. The molecule has 0 spiro atoms. The molecule has 3 rings (SSSR count). The number of aromatic nitrogens is 2. The highest BCUT2D eigenvalue weighted by molar-refractivity contribution is 7.98. The van der Waals surface area contributed by atoms with Crippen LogP contribution in [0.3, 0.4) is 0 Å². The molecule has 0 bridgehead atoms. The number of thioether (sulfide) groups is 1. The Morgan fingerprint density at radius 1 is 1.15 bits per heavy atom. The number of fused-ring (bicyclic) bond motifs is 1. The summed E-state index contributed by atoms with van der Waals surface area (Å²) in [7, 11) is 1.67. The summed E-state index contributed by atoms with van der Waals surface area (Å²) in [6.07, 6.45) is 0.951. The SMILES string of the molecule is COc1cccc(CSc2nc3ccccc3c(=O)n2CCC(C)C)c1. The van der Waals surface area contributed by atoms with E-state index in [1.165, 1.54) is 0 Å². The first kappa shape index (κ1) is 18.5. The molecule has 1 heterocycles. The number of hydrogen-bond acceptors (Lipinski definition) is 4. The Kier molecular flexibility index (Phi) is 5.99. The second-order valence-corrected chi connectivity index (χ2v) is 7.63. The van der Waals surface area contributed by atoms with Gasteiger partial charge in [0.15, 0.2) is 5.16 Å². The summed E-state index contributed by atoms with van der Waals surface area (Å²) in [4.78, 5) is 17.7. The number of nitrogens with zero attached hydrogens (tertiary/aromatic N) is 2. The minimum absolute atomic E-state index is 0.0457. The van der Waals surface area contributed by atoms with Crippen molar-refractivity contribution in [2.75, 3.05) is 7.11 Å². The predicted molar refractivity (Wildman–Crippen MR) is 108 cm³/mol. The first-order valence-corrected chi connectivity index (χ1v) is 9.82. The van der Waals surface area contributed by atoms with E-state index in [2.05, 4.69) is 19.9 Å². The fourth-order valence-electron chi connectivity index (χ4n) is 2.75. The fourth-order valence-corrected chi connectivity index (χ4v) is 3.72. The van der Waals surface area contributed by atoms with Gasteiger partial charge in [-0.15, -0.1) is 0 Å². The monoisotopic (exact) mass is 368 g/mol. The summed E-state index contributed by atoms with van der Waals surface area (Å²) in [6.45, 7) is 5.03. The Balaban J connectivity index is 1.94. The van der Waals surface area contributed by atoms with E-state index in [1.54, 1.807) is 18.9 Å². The molecule has 2 aromatic carbocycles. The molecular weight excluding hydrogens is 344 g/mol. The highest BCUT2D eigenvalue weighted by Gasteiger charge is 2.12. The molecule has 0 aliphatic rings. The molecule has 0 saturated heterocycles. The van der Waals surface area contributed by atoms with Crippen molar-refractivity contribution in [3.63, 3.8) is 0 Å². The lowest BCUT2D eigenvalue weighted by molar-refractivity contribution is 0.414. The second-order valence-electron chi connectivity index (χ2n) is 6.69. The Hall–Kier alpha value is -2.27. The molecule has 136 valence electrons. The van der Waals surface area contributed by atoms with Gasteiger partial charge in [0, 0.05) is 12.3 Å². The van der Waals surface area contributed by atoms with Gasteiger partial charge < -0.3 is 4.74 Å². The van der Waals surface area contributed by atoms with Gasteiger partial charge in [-0.2, -0.15) is 0 Å². The average molecular weight is 369 g/mol. The van der Waals surface area contributed by atoms with Gasteiger partial charge in [-0.1, -0.05) is 49.9 Å². The van der Waals surface area contributed by atoms with Crippen LogP contribution in [-0.2, 0) is 12.3 Å². The van der Waals surface area contributed by atoms with Gasteiger partial charge in [-0.05, 0) is 42.2 Å². The van der Waals surface area contributed by atoms with Crippen molar-refractivity contribution >= 4 is 22.7 Å². The third-order valence-electron chi connectivity index (χ3n) is 4.26. The number of methoxy groups -OCH3 is 1. The molecule has 0 atom stereocenters. The number of para-hydroxylation sites is 1. The summed E-state index contributed by atoms with van der Waals surface area (Å²) in [5, 5.41) is 1.46. The first-order valence-electron chi connectivity index (χ1n) is 8.84. The molecule has 26 heavy (non-hydrogen) atoms. The van der Waals surface area contributed by atoms with Crippen molar-refractivity contribution < 1.29 is 4.74 Å². The molecular formula is C21H24N2O2S. The molecule has 4 nitrogen and oxygen atoms in total. The van der Waals surface area contributed by atoms with E-state index in [0.29, 0.717) is 17.8 Å². The summed E-state index contributed by atoms with van der Waals surface area (Å²) in [6, 6.07) is 15.6. The summed E-state index contributed by atoms with van der Waals surface area (Å²) in [5.41, 5.74) is 1.95. The van der Waals surface area contributed by atoms with Crippen LogP contribution in [0.1, 0.15) is 25.8 Å². The summed E-state index contributed by atoms with van der Waals surface area (Å²) >= 11 is 1.60. The molecule has 0 aliphatic carbocycles. The zero-order valence-electron chi connectivity index (χ0n) is 15.4. The second kappa shape index (κ2) is 8.41. The van der Waals surface area contributed by atoms with E-state index in [9.17, 15) is 4.79 Å². The standard InChI is InChI=1S/C21H24N2O2S/c1-15(2)11-12-23-20(24)18-9-4-5-10-19(18)22-21(23)26-14-16-7-6-8-17(13-16)25-3/h4-10,13,15H,11-12,14H2,1-3H3. The zero-order chi connectivity index (χ0) is 18.5. The molecule has 0 amide bonds. The van der Waals surface area contributed by atoms with Gasteiger partial charge in [0.1, 0.15) is 5.75 Å². The average Bonchev–Trinajstić information content (AvgIpc) is 2.66. The normalized spacial score (nSPS) is 11.2. The van der Waals surface area contributed by atoms with Crippen LogP contribution in [0.2, 0.25) is 0 Å². The van der Waals surface area contributed by atoms with E-state index in [0.717, 1.165) is 34.2 Å². The number of benzene rings is 2. The van der Waals surface area contributed by atoms with Crippen LogP contribution in [-0.4, -0.2) is 16.7 Å². The highest BCUT2D eigenvalue weighted by Crippen LogP contribution is 2.24. The van der Waals surface area contributed by atoms with Crippen LogP contribution in [0.25, 0.3) is 10.9 Å². The van der Waals surface area contributed by atoms with Crippen molar-refractivity contribution in [1.29, 1.82) is 0 Å². The highest BCUT2D eigenvalue weighted by atomic mass is 32.2. The maximum absolute atomic E-state index is 13.0. The van der Waals surface area contributed by atoms with Gasteiger partial charge >= 0.3 is 0 Å². The van der Waals surface area contributed by atoms with Crippen LogP contribution < -0.4 is 10.3 Å². The van der Waals surface area contributed by atoms with Crippen LogP contribution >= 0.6 is 11.8 Å². The molecule has 0 aliphatic heterocycles. The number of hydrogen-bond donors (Lipinski definition) is 0. The third-order valence-corrected chi connectivity index (χ3v) is 5.31. The van der Waals surface area contributed by atoms with Crippen molar-refractivity contribution in [3.8, 4) is 5.75 Å². The third kappa shape index (κ3) is 4.28. The van der Waals surface area contributed by atoms with E-state index in [-0.39, 0.29) is 5.56 Å². The van der Waals surface area contributed by atoms with Crippen LogP contribution in [0, 0.1) is 5.92 Å². The quantitative estimate of drug-likeness (QED) is 0.446. The summed E-state index contributed by atoms with van der Waals surface area (Å²) in [5.74, 6) is 2.11. The van der Waals surface area contributed by atoms with Gasteiger partial charge in [-0.25, -0.2) is 4.98 Å². The molecule has 0 saturated carbocycles. The molecule has 1 aromatic heterocycles. The minimum atomic E-state index is 0.0457. The Labute approximate surface area is 158 Å². The molecule has 0 unspecified atom stereocenters. The van der Waals surface area contributed by atoms with E-state index in [1.807, 2.05) is 47.0 Å². The lowest BCUT2D eigenvalue weighted by Gasteiger charge is -2.14. The number of rotatable bonds is 7. The van der Waals surface area contributed by atoms with Gasteiger partial charge in [-0.3, -0.25) is 9.36 Å². The lowest BCUT2D eigenvalue weighted by Crippen LogP contribution is -2.24. The molecule has 0 radical (unpaired) electrons. The predicted octanol–water partition coefficient (Wildman–Crippen LogP) is 4.74. The largest absolute Gasteiger partial charge is 0.497 e. The van der Waals surface area contributed by atoms with Crippen LogP contribution in [0.4, 0.5) is 0 Å². The summed E-state index contributed by atoms with van der Waals surface area (Å²) < 4.78 is 7.12. The Bertz CT molecular complexity index is 950. The van der Waals surface area contributed by atoms with E-state index >= 15 is 0 Å². The van der Waals surface area contributed by atoms with Crippen molar-refractivity contribution in [1.82, 2.24) is 9.55 Å². The molecule has 3 aromatic rings. The first-order chi connectivity index (χ1) is 12.6. The Morgan fingerprint density at radius 3 is 2.73 bits per heavy atom. The van der Waals surface area contributed by atoms with E-state index in [4.69, 9.17) is 9.72 Å². The van der Waals surface area contributed by atoms with Crippen molar-refractivity contribution in [2.24, 2.45) is 5.92 Å². The maximum Gasteiger partial charge on any atom is 0.262 e. The topological polar surface area (TPSA) is 44.1 Å². The van der Waals surface area contributed by atoms with Gasteiger partial charge in [0.2, 0.25) is 0 Å². The van der Waals surface area contributed by atoms with Crippen LogP contribution in [0.5, 0.6) is 5.75 Å². The Morgan fingerprint density at radius 2 is 1.96 bits per heavy atom. The fraction of sp³-hybridized carbons (Fsp3) is 0.333. The molecule has 0 N–H and O–H groups in total.